The van der Waals surface area contributed by atoms with Crippen molar-refractivity contribution in [2.75, 3.05) is 0 Å². The lowest BCUT2D eigenvalue weighted by molar-refractivity contribution is 0.0746. The Hall–Kier alpha value is -0.905. The van der Waals surface area contributed by atoms with E-state index in [9.17, 15) is 9.50 Å². The summed E-state index contributed by atoms with van der Waals surface area (Å²) in [6, 6.07) is 3.70. The number of hydrogen-bond donors (Lipinski definition) is 3. The molecule has 76 valence electrons. The number of rotatable bonds is 2. The second kappa shape index (κ2) is 3.69. The molecule has 0 radical (unpaired) electrons. The van der Waals surface area contributed by atoms with Crippen LogP contribution in [0.15, 0.2) is 18.2 Å². The first kappa shape index (κ1) is 11.2. The van der Waals surface area contributed by atoms with Crippen LogP contribution in [0, 0.1) is 5.82 Å². The van der Waals surface area contributed by atoms with Crippen LogP contribution < -0.4 is 5.46 Å². The van der Waals surface area contributed by atoms with Crippen molar-refractivity contribution in [1.29, 1.82) is 0 Å². The van der Waals surface area contributed by atoms with Crippen molar-refractivity contribution in [1.82, 2.24) is 0 Å². The van der Waals surface area contributed by atoms with E-state index in [1.54, 1.807) is 0 Å². The highest BCUT2D eigenvalue weighted by Gasteiger charge is 2.22. The van der Waals surface area contributed by atoms with Gasteiger partial charge in [0.15, 0.2) is 0 Å². The molecule has 0 bridgehead atoms. The van der Waals surface area contributed by atoms with Crippen LogP contribution in [0.25, 0.3) is 0 Å². The van der Waals surface area contributed by atoms with E-state index >= 15 is 0 Å². The van der Waals surface area contributed by atoms with Crippen LogP contribution >= 0.6 is 0 Å². The number of aliphatic hydroxyl groups is 1. The molecule has 0 aliphatic carbocycles. The van der Waals surface area contributed by atoms with Gasteiger partial charge in [-0.15, -0.1) is 0 Å². The second-order valence-electron chi connectivity index (χ2n) is 3.67. The van der Waals surface area contributed by atoms with E-state index in [1.165, 1.54) is 26.0 Å². The standard InChI is InChI=1S/C9H12BFO3/c1-9(2,12)7-4-3-6(10(13)14)5-8(7)11/h3-5,12-14H,1-2H3. The van der Waals surface area contributed by atoms with E-state index in [-0.39, 0.29) is 11.0 Å². The van der Waals surface area contributed by atoms with Gasteiger partial charge in [0.25, 0.3) is 0 Å². The fourth-order valence-electron chi connectivity index (χ4n) is 1.19. The minimum Gasteiger partial charge on any atom is -0.423 e. The van der Waals surface area contributed by atoms with Crippen molar-refractivity contribution in [2.45, 2.75) is 19.4 Å². The Labute approximate surface area is 82.0 Å². The molecule has 0 aromatic heterocycles. The molecule has 1 aromatic rings. The summed E-state index contributed by atoms with van der Waals surface area (Å²) in [4.78, 5) is 0. The van der Waals surface area contributed by atoms with Crippen molar-refractivity contribution in [3.8, 4) is 0 Å². The van der Waals surface area contributed by atoms with Crippen LogP contribution in [0.3, 0.4) is 0 Å². The van der Waals surface area contributed by atoms with Crippen LogP contribution in [0.1, 0.15) is 19.4 Å². The summed E-state index contributed by atoms with van der Waals surface area (Å²) in [5.74, 6) is -0.650. The Bertz CT molecular complexity index is 333. The molecule has 0 spiro atoms. The zero-order chi connectivity index (χ0) is 10.9. The van der Waals surface area contributed by atoms with Gasteiger partial charge in [0, 0.05) is 5.56 Å². The number of benzene rings is 1. The van der Waals surface area contributed by atoms with Crippen molar-refractivity contribution < 1.29 is 19.5 Å². The number of halogens is 1. The molecule has 3 nitrogen and oxygen atoms in total. The lowest BCUT2D eigenvalue weighted by Crippen LogP contribution is -2.31. The Morgan fingerprint density at radius 3 is 2.21 bits per heavy atom. The molecule has 0 atom stereocenters. The maximum atomic E-state index is 13.3. The predicted octanol–water partition coefficient (Wildman–Crippen LogP) is -0.267. The summed E-state index contributed by atoms with van der Waals surface area (Å²) in [5, 5.41) is 27.1. The first-order valence-corrected chi connectivity index (χ1v) is 4.21. The van der Waals surface area contributed by atoms with Crippen LogP contribution in [-0.4, -0.2) is 22.3 Å². The fourth-order valence-corrected chi connectivity index (χ4v) is 1.19. The van der Waals surface area contributed by atoms with E-state index in [1.807, 2.05) is 0 Å². The quantitative estimate of drug-likeness (QED) is 0.573. The van der Waals surface area contributed by atoms with Gasteiger partial charge in [-0.2, -0.15) is 0 Å². The summed E-state index contributed by atoms with van der Waals surface area (Å²) >= 11 is 0. The first-order valence-electron chi connectivity index (χ1n) is 4.21. The van der Waals surface area contributed by atoms with Gasteiger partial charge in [0.1, 0.15) is 5.82 Å². The lowest BCUT2D eigenvalue weighted by atomic mass is 9.79. The van der Waals surface area contributed by atoms with E-state index in [0.29, 0.717) is 0 Å². The van der Waals surface area contributed by atoms with Gasteiger partial charge in [-0.1, -0.05) is 12.1 Å². The molecule has 14 heavy (non-hydrogen) atoms. The molecular formula is C9H12BFO3. The van der Waals surface area contributed by atoms with E-state index in [4.69, 9.17) is 10.0 Å². The molecular weight excluding hydrogens is 186 g/mol. The summed E-state index contributed by atoms with van der Waals surface area (Å²) in [6.45, 7) is 2.92. The van der Waals surface area contributed by atoms with Crippen molar-refractivity contribution in [3.63, 3.8) is 0 Å². The molecule has 1 aromatic carbocycles. The Morgan fingerprint density at radius 2 is 1.86 bits per heavy atom. The minimum absolute atomic E-state index is 0.0653. The molecule has 0 unspecified atom stereocenters. The minimum atomic E-state index is -1.69. The van der Waals surface area contributed by atoms with Gasteiger partial charge in [0.05, 0.1) is 5.60 Å². The molecule has 0 saturated carbocycles. The van der Waals surface area contributed by atoms with Gasteiger partial charge in [-0.25, -0.2) is 4.39 Å². The largest absolute Gasteiger partial charge is 0.488 e. The van der Waals surface area contributed by atoms with Crippen LogP contribution in [-0.2, 0) is 5.60 Å². The smallest absolute Gasteiger partial charge is 0.423 e. The second-order valence-corrected chi connectivity index (χ2v) is 3.67. The Morgan fingerprint density at radius 1 is 1.29 bits per heavy atom. The predicted molar refractivity (Wildman–Crippen MR) is 51.5 cm³/mol. The van der Waals surface area contributed by atoms with Gasteiger partial charge in [-0.05, 0) is 25.4 Å². The van der Waals surface area contributed by atoms with Crippen LogP contribution in [0.4, 0.5) is 4.39 Å². The summed E-state index contributed by atoms with van der Waals surface area (Å²) in [7, 11) is -1.69. The normalized spacial score (nSPS) is 11.6. The third-order valence-electron chi connectivity index (χ3n) is 1.95. The van der Waals surface area contributed by atoms with Crippen molar-refractivity contribution in [3.05, 3.63) is 29.6 Å². The fraction of sp³-hybridized carbons (Fsp3) is 0.333. The average molecular weight is 198 g/mol. The van der Waals surface area contributed by atoms with E-state index in [0.717, 1.165) is 6.07 Å². The molecule has 0 aliphatic rings. The first-order chi connectivity index (χ1) is 6.32. The molecule has 0 fully saturated rings. The molecule has 5 heteroatoms. The van der Waals surface area contributed by atoms with Gasteiger partial charge in [0.2, 0.25) is 0 Å². The zero-order valence-electron chi connectivity index (χ0n) is 8.03. The monoisotopic (exact) mass is 198 g/mol. The summed E-state index contributed by atoms with van der Waals surface area (Å²) < 4.78 is 13.3. The summed E-state index contributed by atoms with van der Waals surface area (Å²) in [5.41, 5.74) is -1.08. The van der Waals surface area contributed by atoms with E-state index < -0.39 is 18.5 Å². The molecule has 1 rings (SSSR count). The highest BCUT2D eigenvalue weighted by molar-refractivity contribution is 6.58. The van der Waals surface area contributed by atoms with E-state index in [2.05, 4.69) is 0 Å². The highest BCUT2D eigenvalue weighted by atomic mass is 19.1. The maximum Gasteiger partial charge on any atom is 0.488 e. The topological polar surface area (TPSA) is 60.7 Å². The average Bonchev–Trinajstić information content (AvgIpc) is 2.01. The Balaban J connectivity index is 3.15. The Kier molecular flexibility index (Phi) is 2.94. The molecule has 0 saturated heterocycles. The molecule has 0 amide bonds. The highest BCUT2D eigenvalue weighted by Crippen LogP contribution is 2.21. The third-order valence-corrected chi connectivity index (χ3v) is 1.95. The zero-order valence-corrected chi connectivity index (χ0v) is 8.03. The SMILES string of the molecule is CC(C)(O)c1ccc(B(O)O)cc1F. The van der Waals surface area contributed by atoms with Crippen LogP contribution in [0.2, 0.25) is 0 Å². The molecule has 0 heterocycles. The molecule has 3 N–H and O–H groups in total. The van der Waals surface area contributed by atoms with Gasteiger partial charge >= 0.3 is 7.12 Å². The lowest BCUT2D eigenvalue weighted by Gasteiger charge is -2.18. The number of hydrogen-bond acceptors (Lipinski definition) is 3. The van der Waals surface area contributed by atoms with Crippen LogP contribution in [0.5, 0.6) is 0 Å². The maximum absolute atomic E-state index is 13.3. The summed E-state index contributed by atoms with van der Waals surface area (Å²) in [6.07, 6.45) is 0. The third kappa shape index (κ3) is 2.32. The molecule has 0 aliphatic heterocycles. The van der Waals surface area contributed by atoms with Crippen molar-refractivity contribution >= 4 is 12.6 Å². The van der Waals surface area contributed by atoms with Gasteiger partial charge < -0.3 is 15.2 Å². The van der Waals surface area contributed by atoms with Crippen molar-refractivity contribution in [2.24, 2.45) is 0 Å². The van der Waals surface area contributed by atoms with Gasteiger partial charge in [-0.3, -0.25) is 0 Å².